The average Bonchev–Trinajstić information content (AvgIpc) is 2.93. The quantitative estimate of drug-likeness (QED) is 0.663. The van der Waals surface area contributed by atoms with Crippen molar-refractivity contribution >= 4 is 23.4 Å². The van der Waals surface area contributed by atoms with Gasteiger partial charge in [0.1, 0.15) is 24.3 Å². The summed E-state index contributed by atoms with van der Waals surface area (Å²) >= 11 is 0. The van der Waals surface area contributed by atoms with E-state index in [0.29, 0.717) is 12.5 Å². The predicted octanol–water partition coefficient (Wildman–Crippen LogP) is 4.78. The van der Waals surface area contributed by atoms with Crippen molar-refractivity contribution < 1.29 is 9.84 Å². The molecule has 0 radical (unpaired) electrons. The molecular weight excluding hydrogens is 360 g/mol. The van der Waals surface area contributed by atoms with Crippen LogP contribution >= 0.6 is 12.4 Å². The summed E-state index contributed by atoms with van der Waals surface area (Å²) in [6.45, 7) is 4.91. The number of imidazole rings is 1. The normalized spacial score (nSPS) is 15.2. The monoisotopic (exact) mass is 386 g/mol. The van der Waals surface area contributed by atoms with Gasteiger partial charge in [0, 0.05) is 5.92 Å². The Kier molecular flexibility index (Phi) is 6.08. The molecule has 4 rings (SSSR count). The van der Waals surface area contributed by atoms with Crippen LogP contribution in [0.25, 0.3) is 11.0 Å². The first-order chi connectivity index (χ1) is 12.6. The third kappa shape index (κ3) is 3.97. The summed E-state index contributed by atoms with van der Waals surface area (Å²) in [5.41, 5.74) is 4.44. The molecule has 1 heterocycles. The predicted molar refractivity (Wildman–Crippen MR) is 111 cm³/mol. The summed E-state index contributed by atoms with van der Waals surface area (Å²) in [5.74, 6) is 2.48. The van der Waals surface area contributed by atoms with Gasteiger partial charge in [-0.15, -0.1) is 12.4 Å². The molecule has 0 amide bonds. The Morgan fingerprint density at radius 1 is 1.15 bits per heavy atom. The number of ether oxygens (including phenoxy) is 1. The van der Waals surface area contributed by atoms with Gasteiger partial charge in [0.15, 0.2) is 0 Å². The summed E-state index contributed by atoms with van der Waals surface area (Å²) < 4.78 is 8.09. The van der Waals surface area contributed by atoms with Crippen molar-refractivity contribution in [3.8, 4) is 5.75 Å². The largest absolute Gasteiger partial charge is 0.491 e. The number of rotatable bonds is 6. The molecule has 4 nitrogen and oxygen atoms in total. The highest BCUT2D eigenvalue weighted by molar-refractivity contribution is 5.85. The van der Waals surface area contributed by atoms with Gasteiger partial charge in [0.2, 0.25) is 0 Å². The lowest BCUT2D eigenvalue weighted by atomic mass is 9.85. The zero-order valence-electron chi connectivity index (χ0n) is 15.9. The number of aryl methyl sites for hydroxylation is 1. The highest BCUT2D eigenvalue weighted by atomic mass is 35.5. The highest BCUT2D eigenvalue weighted by Crippen LogP contribution is 2.37. The van der Waals surface area contributed by atoms with E-state index in [1.54, 1.807) is 0 Å². The summed E-state index contributed by atoms with van der Waals surface area (Å²) in [6, 6.07) is 14.2. The number of aromatic nitrogens is 2. The summed E-state index contributed by atoms with van der Waals surface area (Å²) in [5, 5.41) is 10.6. The minimum Gasteiger partial charge on any atom is -0.491 e. The van der Waals surface area contributed by atoms with Gasteiger partial charge in [0.05, 0.1) is 17.6 Å². The number of aliphatic hydroxyl groups excluding tert-OH is 1. The minimum absolute atomic E-state index is 0. The van der Waals surface area contributed by atoms with Gasteiger partial charge in [-0.3, -0.25) is 0 Å². The number of para-hydroxylation sites is 2. The second-order valence-electron chi connectivity index (χ2n) is 7.36. The van der Waals surface area contributed by atoms with Crippen molar-refractivity contribution in [2.45, 2.75) is 51.7 Å². The molecule has 1 aliphatic carbocycles. The molecule has 0 aliphatic heterocycles. The van der Waals surface area contributed by atoms with Crippen LogP contribution < -0.4 is 4.74 Å². The topological polar surface area (TPSA) is 47.3 Å². The number of benzene rings is 2. The van der Waals surface area contributed by atoms with Crippen molar-refractivity contribution in [1.29, 1.82) is 0 Å². The summed E-state index contributed by atoms with van der Waals surface area (Å²) in [7, 11) is 0. The maximum atomic E-state index is 10.6. The summed E-state index contributed by atoms with van der Waals surface area (Å²) in [6.07, 6.45) is 3.08. The standard InChI is InChI=1S/C22H26N2O2.ClH/c1-15-7-5-12-21(16(15)2)26-14-18(25)13-24-20-11-4-3-10-19(20)23-22(24)17-8-6-9-17;/h3-5,7,10-12,17-18,25H,6,8-9,13-14H2,1-2H3;1H. The molecule has 0 spiro atoms. The van der Waals surface area contributed by atoms with Crippen LogP contribution in [0, 0.1) is 13.8 Å². The molecule has 1 unspecified atom stereocenters. The van der Waals surface area contributed by atoms with Crippen LogP contribution in [-0.4, -0.2) is 27.4 Å². The minimum atomic E-state index is -0.577. The lowest BCUT2D eigenvalue weighted by Gasteiger charge is -2.26. The molecule has 1 atom stereocenters. The maximum Gasteiger partial charge on any atom is 0.122 e. The molecular formula is C22H27ClN2O2. The van der Waals surface area contributed by atoms with Gasteiger partial charge in [0.25, 0.3) is 0 Å². The zero-order chi connectivity index (χ0) is 18.1. The first-order valence-corrected chi connectivity index (χ1v) is 9.45. The number of nitrogens with zero attached hydrogens (tertiary/aromatic N) is 2. The van der Waals surface area contributed by atoms with E-state index in [1.807, 2.05) is 30.3 Å². The van der Waals surface area contributed by atoms with Crippen LogP contribution in [0.1, 0.15) is 42.1 Å². The van der Waals surface area contributed by atoms with Gasteiger partial charge in [-0.05, 0) is 56.0 Å². The Morgan fingerprint density at radius 3 is 2.67 bits per heavy atom. The molecule has 1 saturated carbocycles. The Morgan fingerprint density at radius 2 is 1.93 bits per heavy atom. The highest BCUT2D eigenvalue weighted by Gasteiger charge is 2.26. The Bertz CT molecular complexity index is 918. The molecule has 1 N–H and O–H groups in total. The summed E-state index contributed by atoms with van der Waals surface area (Å²) in [4.78, 5) is 4.84. The molecule has 0 saturated heterocycles. The zero-order valence-corrected chi connectivity index (χ0v) is 16.7. The van der Waals surface area contributed by atoms with Crippen molar-refractivity contribution in [2.75, 3.05) is 6.61 Å². The number of hydrogen-bond acceptors (Lipinski definition) is 3. The van der Waals surface area contributed by atoms with E-state index in [9.17, 15) is 5.11 Å². The van der Waals surface area contributed by atoms with Gasteiger partial charge in [-0.25, -0.2) is 4.98 Å². The van der Waals surface area contributed by atoms with Crippen LogP contribution in [0.2, 0.25) is 0 Å². The fourth-order valence-electron chi connectivity index (χ4n) is 3.59. The van der Waals surface area contributed by atoms with Gasteiger partial charge in [-0.2, -0.15) is 0 Å². The lowest BCUT2D eigenvalue weighted by Crippen LogP contribution is -2.26. The number of halogens is 1. The van der Waals surface area contributed by atoms with Crippen LogP contribution in [0.4, 0.5) is 0 Å². The number of fused-ring (bicyclic) bond motifs is 1. The fourth-order valence-corrected chi connectivity index (χ4v) is 3.59. The van der Waals surface area contributed by atoms with E-state index in [0.717, 1.165) is 28.2 Å². The second-order valence-corrected chi connectivity index (χ2v) is 7.36. The fraction of sp³-hybridized carbons (Fsp3) is 0.409. The van der Waals surface area contributed by atoms with Crippen molar-refractivity contribution in [2.24, 2.45) is 0 Å². The van der Waals surface area contributed by atoms with Gasteiger partial charge >= 0.3 is 0 Å². The first kappa shape index (κ1) is 19.7. The van der Waals surface area contributed by atoms with Crippen LogP contribution in [0.3, 0.4) is 0 Å². The Balaban J connectivity index is 0.00000210. The molecule has 2 aromatic carbocycles. The smallest absolute Gasteiger partial charge is 0.122 e. The van der Waals surface area contributed by atoms with Gasteiger partial charge < -0.3 is 14.4 Å². The van der Waals surface area contributed by atoms with E-state index in [2.05, 4.69) is 30.5 Å². The second kappa shape index (κ2) is 8.32. The van der Waals surface area contributed by atoms with Crippen LogP contribution in [-0.2, 0) is 6.54 Å². The maximum absolute atomic E-state index is 10.6. The molecule has 1 aromatic heterocycles. The van der Waals surface area contributed by atoms with E-state index >= 15 is 0 Å². The molecule has 5 heteroatoms. The third-order valence-corrected chi connectivity index (χ3v) is 5.53. The van der Waals surface area contributed by atoms with E-state index < -0.39 is 6.10 Å². The molecule has 1 aliphatic rings. The SMILES string of the molecule is Cc1cccc(OCC(O)Cn2c(C3CCC3)nc3ccccc32)c1C.Cl. The molecule has 27 heavy (non-hydrogen) atoms. The number of aliphatic hydroxyl groups is 1. The van der Waals surface area contributed by atoms with Gasteiger partial charge in [-0.1, -0.05) is 30.7 Å². The van der Waals surface area contributed by atoms with E-state index in [-0.39, 0.29) is 19.0 Å². The first-order valence-electron chi connectivity index (χ1n) is 9.45. The third-order valence-electron chi connectivity index (χ3n) is 5.53. The van der Waals surface area contributed by atoms with Crippen molar-refractivity contribution in [3.63, 3.8) is 0 Å². The van der Waals surface area contributed by atoms with Crippen molar-refractivity contribution in [3.05, 3.63) is 59.4 Å². The molecule has 1 fully saturated rings. The van der Waals surface area contributed by atoms with Crippen LogP contribution in [0.15, 0.2) is 42.5 Å². The average molecular weight is 387 g/mol. The lowest BCUT2D eigenvalue weighted by molar-refractivity contribution is 0.0916. The van der Waals surface area contributed by atoms with Crippen LogP contribution in [0.5, 0.6) is 5.75 Å². The molecule has 3 aromatic rings. The molecule has 144 valence electrons. The van der Waals surface area contributed by atoms with E-state index in [4.69, 9.17) is 9.72 Å². The Labute approximate surface area is 166 Å². The number of hydrogen-bond donors (Lipinski definition) is 1. The molecule has 0 bridgehead atoms. The van der Waals surface area contributed by atoms with E-state index in [1.165, 1.54) is 24.8 Å². The Hall–Kier alpha value is -2.04. The van der Waals surface area contributed by atoms with Crippen molar-refractivity contribution in [1.82, 2.24) is 9.55 Å².